The summed E-state index contributed by atoms with van der Waals surface area (Å²) in [6, 6.07) is 90.4. The van der Waals surface area contributed by atoms with Gasteiger partial charge in [-0.2, -0.15) is 0 Å². The van der Waals surface area contributed by atoms with Gasteiger partial charge in [-0.3, -0.25) is 0 Å². The number of hydrogen-bond donors (Lipinski definition) is 0. The second kappa shape index (κ2) is 23.6. The summed E-state index contributed by atoms with van der Waals surface area (Å²) in [4.78, 5) is 0. The Bertz CT molecular complexity index is 2040. The van der Waals surface area contributed by atoms with Gasteiger partial charge in [0.2, 0.25) is 0 Å². The minimum Gasteiger partial charge on any atom is -0.853 e. The molecule has 0 N–H and O–H groups in total. The van der Waals surface area contributed by atoms with Crippen molar-refractivity contribution in [3.63, 3.8) is 0 Å². The molecule has 312 valence electrons. The van der Waals surface area contributed by atoms with Crippen molar-refractivity contribution < 1.29 is 48.0 Å². The zero-order chi connectivity index (χ0) is 43.6. The first kappa shape index (κ1) is 47.4. The van der Waals surface area contributed by atoms with Crippen LogP contribution in [0.25, 0.3) is 0 Å². The van der Waals surface area contributed by atoms with E-state index in [0.29, 0.717) is 0 Å². The van der Waals surface area contributed by atoms with Crippen LogP contribution in [0.3, 0.4) is 0 Å². The van der Waals surface area contributed by atoms with E-state index in [1.54, 1.807) is 0 Å². The number of hydrogen-bond acceptors (Lipinski definition) is 3. The first-order chi connectivity index (χ1) is 31.1. The molecular weight excluding hydrogens is 858 g/mol. The van der Waals surface area contributed by atoms with Gasteiger partial charge in [0, 0.05) is 16.2 Å². The van der Waals surface area contributed by atoms with E-state index in [1.165, 1.54) is 0 Å². The Labute approximate surface area is 404 Å². The van der Waals surface area contributed by atoms with Gasteiger partial charge in [0.1, 0.15) is 0 Å². The maximum Gasteiger partial charge on any atom is 3.00 e. The predicted molar refractivity (Wildman–Crippen MR) is 252 cm³/mol. The van der Waals surface area contributed by atoms with Gasteiger partial charge in [0.25, 0.3) is 0 Å². The molecule has 0 saturated carbocycles. The van der Waals surface area contributed by atoms with Gasteiger partial charge in [-0.25, -0.2) is 0 Å². The fraction of sp³-hybridized carbons (Fsp3) is 0.100. The van der Waals surface area contributed by atoms with E-state index in [2.05, 4.69) is 0 Å². The standard InChI is InChI=1S/3C20H17O.Y/c3*21-16-20(17-10-4-1-5-11-17,18-12-6-2-7-13-18)19-14-8-3-9-15-19;/h3*1-15H,16H2;/q3*-1;+3. The fourth-order valence-corrected chi connectivity index (χ4v) is 8.75. The summed E-state index contributed by atoms with van der Waals surface area (Å²) in [6.45, 7) is -0.652. The summed E-state index contributed by atoms with van der Waals surface area (Å²) in [5.41, 5.74) is 7.45. The molecule has 0 aliphatic heterocycles. The van der Waals surface area contributed by atoms with E-state index in [9.17, 15) is 15.3 Å². The van der Waals surface area contributed by atoms with Gasteiger partial charge >= 0.3 is 32.7 Å². The van der Waals surface area contributed by atoms with Crippen LogP contribution in [-0.4, -0.2) is 19.8 Å². The molecule has 9 aromatic carbocycles. The molecule has 9 rings (SSSR count). The van der Waals surface area contributed by atoms with Gasteiger partial charge < -0.3 is 15.3 Å². The second-order valence-electron chi connectivity index (χ2n) is 15.4. The molecule has 0 radical (unpaired) electrons. The van der Waals surface area contributed by atoms with E-state index in [1.807, 2.05) is 273 Å². The Morgan fingerprint density at radius 1 is 0.188 bits per heavy atom. The molecule has 0 saturated heterocycles. The average molecular weight is 909 g/mol. The third-order valence-electron chi connectivity index (χ3n) is 12.0. The minimum atomic E-state index is -0.635. The van der Waals surface area contributed by atoms with Crippen LogP contribution in [0.5, 0.6) is 0 Å². The largest absolute Gasteiger partial charge is 3.00 e. The van der Waals surface area contributed by atoms with Crippen molar-refractivity contribution in [1.29, 1.82) is 0 Å². The van der Waals surface area contributed by atoms with E-state index in [4.69, 9.17) is 0 Å². The predicted octanol–water partition coefficient (Wildman–Crippen LogP) is 10.1. The Morgan fingerprint density at radius 3 is 0.359 bits per heavy atom. The summed E-state index contributed by atoms with van der Waals surface area (Å²) < 4.78 is 0. The summed E-state index contributed by atoms with van der Waals surface area (Å²) in [6.07, 6.45) is 0. The molecule has 0 atom stereocenters. The van der Waals surface area contributed by atoms with Gasteiger partial charge in [0.15, 0.2) is 0 Å². The van der Waals surface area contributed by atoms with Crippen molar-refractivity contribution >= 4 is 0 Å². The van der Waals surface area contributed by atoms with Crippen LogP contribution in [0, 0.1) is 0 Å². The third-order valence-corrected chi connectivity index (χ3v) is 12.0. The van der Waals surface area contributed by atoms with Gasteiger partial charge in [-0.1, -0.05) is 273 Å². The third kappa shape index (κ3) is 10.2. The molecule has 0 aliphatic rings. The summed E-state index contributed by atoms with van der Waals surface area (Å²) in [7, 11) is 0. The maximum atomic E-state index is 12.4. The molecule has 0 aliphatic carbocycles. The van der Waals surface area contributed by atoms with Crippen molar-refractivity contribution in [3.8, 4) is 0 Å². The van der Waals surface area contributed by atoms with Crippen molar-refractivity contribution in [1.82, 2.24) is 0 Å². The normalized spacial score (nSPS) is 11.1. The van der Waals surface area contributed by atoms with Gasteiger partial charge in [0.05, 0.1) is 0 Å². The molecule has 3 nitrogen and oxygen atoms in total. The molecule has 0 fully saturated rings. The number of rotatable bonds is 12. The number of benzene rings is 9. The Kier molecular flexibility index (Phi) is 17.5. The minimum absolute atomic E-state index is 0. The Hall–Kier alpha value is -6.04. The Morgan fingerprint density at radius 2 is 0.281 bits per heavy atom. The van der Waals surface area contributed by atoms with Crippen molar-refractivity contribution in [2.24, 2.45) is 0 Å². The van der Waals surface area contributed by atoms with Crippen LogP contribution in [0.1, 0.15) is 50.1 Å². The summed E-state index contributed by atoms with van der Waals surface area (Å²) in [5.74, 6) is 0. The van der Waals surface area contributed by atoms with Gasteiger partial charge in [-0.15, -0.1) is 19.8 Å². The Balaban J connectivity index is 0.000000158. The molecule has 4 heteroatoms. The molecule has 0 bridgehead atoms. The monoisotopic (exact) mass is 908 g/mol. The molecule has 0 aromatic heterocycles. The van der Waals surface area contributed by atoms with E-state index in [0.717, 1.165) is 50.1 Å². The average Bonchev–Trinajstić information content (AvgIpc) is 3.39. The molecular formula is C60H51O3Y. The van der Waals surface area contributed by atoms with Crippen molar-refractivity contribution in [2.45, 2.75) is 16.2 Å². The molecule has 0 amide bonds. The molecule has 0 spiro atoms. The smallest absolute Gasteiger partial charge is 0.853 e. The van der Waals surface area contributed by atoms with Gasteiger partial charge in [-0.05, 0) is 50.1 Å². The zero-order valence-corrected chi connectivity index (χ0v) is 38.7. The van der Waals surface area contributed by atoms with E-state index < -0.39 is 16.2 Å². The molecule has 0 unspecified atom stereocenters. The SMILES string of the molecule is [O-]CC(c1ccccc1)(c1ccccc1)c1ccccc1.[O-]CC(c1ccccc1)(c1ccccc1)c1ccccc1.[O-]CC(c1ccccc1)(c1ccccc1)c1ccccc1.[Y+3]. The van der Waals surface area contributed by atoms with Crippen LogP contribution >= 0.6 is 0 Å². The zero-order valence-electron chi connectivity index (χ0n) is 35.9. The topological polar surface area (TPSA) is 69.2 Å². The van der Waals surface area contributed by atoms with Crippen LogP contribution in [0.15, 0.2) is 273 Å². The van der Waals surface area contributed by atoms with Crippen molar-refractivity contribution in [2.75, 3.05) is 19.8 Å². The summed E-state index contributed by atoms with van der Waals surface area (Å²) >= 11 is 0. The first-order valence-electron chi connectivity index (χ1n) is 21.4. The van der Waals surface area contributed by atoms with E-state index in [-0.39, 0.29) is 52.5 Å². The quantitative estimate of drug-likeness (QED) is 0.115. The maximum absolute atomic E-state index is 12.4. The van der Waals surface area contributed by atoms with Crippen LogP contribution < -0.4 is 15.3 Å². The van der Waals surface area contributed by atoms with Crippen molar-refractivity contribution in [3.05, 3.63) is 323 Å². The molecule has 0 heterocycles. The molecule has 9 aromatic rings. The summed E-state index contributed by atoms with van der Waals surface area (Å²) in [5, 5.41) is 37.1. The van der Waals surface area contributed by atoms with Crippen LogP contribution in [-0.2, 0) is 49.0 Å². The van der Waals surface area contributed by atoms with E-state index >= 15 is 0 Å². The van der Waals surface area contributed by atoms with Crippen LogP contribution in [0.4, 0.5) is 0 Å². The first-order valence-corrected chi connectivity index (χ1v) is 21.4. The molecule has 64 heavy (non-hydrogen) atoms. The fourth-order valence-electron chi connectivity index (χ4n) is 8.75. The second-order valence-corrected chi connectivity index (χ2v) is 15.4. The van der Waals surface area contributed by atoms with Crippen LogP contribution in [0.2, 0.25) is 0 Å².